The number of aromatic nitrogens is 6. The van der Waals surface area contributed by atoms with Crippen molar-refractivity contribution < 1.29 is 9.18 Å². The second-order valence-corrected chi connectivity index (χ2v) is 9.45. The van der Waals surface area contributed by atoms with Crippen molar-refractivity contribution in [2.45, 2.75) is 25.8 Å². The van der Waals surface area contributed by atoms with Crippen molar-refractivity contribution in [3.05, 3.63) is 77.4 Å². The highest BCUT2D eigenvalue weighted by Gasteiger charge is 2.43. The van der Waals surface area contributed by atoms with Gasteiger partial charge in [0, 0.05) is 24.4 Å². The Kier molecular flexibility index (Phi) is 4.91. The summed E-state index contributed by atoms with van der Waals surface area (Å²) in [6.07, 6.45) is 1.65. The molecule has 0 radical (unpaired) electrons. The van der Waals surface area contributed by atoms with Crippen molar-refractivity contribution in [1.82, 2.24) is 29.3 Å². The van der Waals surface area contributed by atoms with Crippen LogP contribution >= 0.6 is 0 Å². The lowest BCUT2D eigenvalue weighted by molar-refractivity contribution is -0.119. The van der Waals surface area contributed by atoms with Crippen LogP contribution in [0.1, 0.15) is 30.7 Å². The molecule has 1 amide bonds. The van der Waals surface area contributed by atoms with E-state index < -0.39 is 5.41 Å². The highest BCUT2D eigenvalue weighted by atomic mass is 19.1. The Labute approximate surface area is 211 Å². The first-order valence-corrected chi connectivity index (χ1v) is 11.6. The predicted molar refractivity (Wildman–Crippen MR) is 135 cm³/mol. The lowest BCUT2D eigenvalue weighted by Gasteiger charge is -2.19. The van der Waals surface area contributed by atoms with E-state index in [-0.39, 0.29) is 24.1 Å². The van der Waals surface area contributed by atoms with E-state index in [0.29, 0.717) is 50.8 Å². The molecule has 0 saturated carbocycles. The molecule has 9 nitrogen and oxygen atoms in total. The molecule has 10 heteroatoms. The van der Waals surface area contributed by atoms with Crippen molar-refractivity contribution in [1.29, 1.82) is 5.26 Å². The molecule has 0 bridgehead atoms. The molecule has 6 rings (SSSR count). The van der Waals surface area contributed by atoms with Gasteiger partial charge in [-0.1, -0.05) is 18.2 Å². The fourth-order valence-electron chi connectivity index (χ4n) is 4.75. The van der Waals surface area contributed by atoms with E-state index in [1.165, 1.54) is 6.07 Å². The minimum Gasteiger partial charge on any atom is -0.334 e. The zero-order valence-corrected chi connectivity index (χ0v) is 20.3. The number of anilines is 1. The van der Waals surface area contributed by atoms with Gasteiger partial charge in [0.25, 0.3) is 0 Å². The maximum Gasteiger partial charge on any atom is 0.235 e. The van der Waals surface area contributed by atoms with Crippen molar-refractivity contribution in [2.75, 3.05) is 5.32 Å². The van der Waals surface area contributed by atoms with Crippen LogP contribution in [0.4, 0.5) is 10.2 Å². The monoisotopic (exact) mass is 492 g/mol. The zero-order valence-electron chi connectivity index (χ0n) is 20.3. The van der Waals surface area contributed by atoms with E-state index in [1.54, 1.807) is 58.9 Å². The third-order valence-corrected chi connectivity index (χ3v) is 6.81. The summed E-state index contributed by atoms with van der Waals surface area (Å²) in [4.78, 5) is 27.0. The van der Waals surface area contributed by atoms with Gasteiger partial charge in [-0.3, -0.25) is 4.79 Å². The second-order valence-electron chi connectivity index (χ2n) is 9.45. The lowest BCUT2D eigenvalue weighted by Crippen LogP contribution is -2.27. The summed E-state index contributed by atoms with van der Waals surface area (Å²) in [6, 6.07) is 15.9. The highest BCUT2D eigenvalue weighted by Crippen LogP contribution is 2.43. The van der Waals surface area contributed by atoms with Crippen molar-refractivity contribution in [3.63, 3.8) is 0 Å². The normalized spacial score (nSPS) is 14.0. The van der Waals surface area contributed by atoms with E-state index >= 15 is 0 Å². The lowest BCUT2D eigenvalue weighted by atomic mass is 9.85. The number of nitrogens with zero attached hydrogens (tertiary/aromatic N) is 7. The number of carbonyl (C=O) groups is 1. The standard InChI is InChI=1S/C27H21FN8O/c1-27(2)20-22(19-11-10-16(13-29)35(19)3)31-24(32-23(20)33-26(27)37)21-17-8-6-12-30-25(17)36(34-21)14-15-7-4-5-9-18(15)28/h4-12H,14H2,1-3H3,(H,31,32,33,37). The Morgan fingerprint density at radius 1 is 1.08 bits per heavy atom. The van der Waals surface area contributed by atoms with E-state index in [2.05, 4.69) is 16.4 Å². The van der Waals surface area contributed by atoms with Gasteiger partial charge in [-0.2, -0.15) is 10.4 Å². The molecular formula is C27H21FN8O. The largest absolute Gasteiger partial charge is 0.334 e. The summed E-state index contributed by atoms with van der Waals surface area (Å²) in [5.74, 6) is 0.162. The second kappa shape index (κ2) is 8.06. The molecule has 1 aromatic carbocycles. The molecule has 0 atom stereocenters. The zero-order chi connectivity index (χ0) is 25.9. The van der Waals surface area contributed by atoms with Gasteiger partial charge in [0.05, 0.1) is 28.7 Å². The smallest absolute Gasteiger partial charge is 0.235 e. The highest BCUT2D eigenvalue weighted by molar-refractivity contribution is 6.07. The minimum atomic E-state index is -0.881. The molecule has 37 heavy (non-hydrogen) atoms. The third-order valence-electron chi connectivity index (χ3n) is 6.81. The van der Waals surface area contributed by atoms with Gasteiger partial charge in [0.1, 0.15) is 29.1 Å². The van der Waals surface area contributed by atoms with Gasteiger partial charge in [-0.25, -0.2) is 24.0 Å². The Bertz CT molecular complexity index is 1780. The van der Waals surface area contributed by atoms with Crippen LogP contribution in [0.15, 0.2) is 54.7 Å². The molecule has 0 unspecified atom stereocenters. The van der Waals surface area contributed by atoms with Crippen LogP contribution in [0.25, 0.3) is 33.9 Å². The van der Waals surface area contributed by atoms with Crippen LogP contribution in [-0.4, -0.2) is 35.2 Å². The van der Waals surface area contributed by atoms with E-state index in [4.69, 9.17) is 15.1 Å². The summed E-state index contributed by atoms with van der Waals surface area (Å²) in [5, 5.41) is 17.8. The molecule has 0 aliphatic carbocycles. The number of hydrogen-bond donors (Lipinski definition) is 1. The SMILES string of the molecule is Cn1c(C#N)ccc1-c1nc(-c2nn(Cc3ccccc3F)c3ncccc23)nc2c1C(C)(C)C(=O)N2. The van der Waals surface area contributed by atoms with Gasteiger partial charge in [-0.15, -0.1) is 0 Å². The topological polar surface area (TPSA) is 114 Å². The molecular weight excluding hydrogens is 471 g/mol. The molecule has 1 aliphatic rings. The number of nitrogens with one attached hydrogen (secondary N) is 1. The summed E-state index contributed by atoms with van der Waals surface area (Å²) in [7, 11) is 1.78. The number of benzene rings is 1. The molecule has 0 fully saturated rings. The summed E-state index contributed by atoms with van der Waals surface area (Å²) < 4.78 is 17.8. The van der Waals surface area contributed by atoms with Gasteiger partial charge >= 0.3 is 0 Å². The molecule has 1 aliphatic heterocycles. The first kappa shape index (κ1) is 22.5. The van der Waals surface area contributed by atoms with Crippen LogP contribution < -0.4 is 5.32 Å². The van der Waals surface area contributed by atoms with Gasteiger partial charge < -0.3 is 9.88 Å². The van der Waals surface area contributed by atoms with Crippen LogP contribution in [0.5, 0.6) is 0 Å². The molecule has 1 N–H and O–H groups in total. The fraction of sp³-hybridized carbons (Fsp3) is 0.185. The summed E-state index contributed by atoms with van der Waals surface area (Å²) in [6.45, 7) is 3.81. The third kappa shape index (κ3) is 3.39. The average Bonchev–Trinajstić information content (AvgIpc) is 3.51. The Morgan fingerprint density at radius 3 is 2.65 bits per heavy atom. The van der Waals surface area contributed by atoms with Gasteiger partial charge in [-0.05, 0) is 44.2 Å². The first-order chi connectivity index (χ1) is 17.8. The molecule has 182 valence electrons. The first-order valence-electron chi connectivity index (χ1n) is 11.6. The summed E-state index contributed by atoms with van der Waals surface area (Å²) in [5.41, 5.74) is 2.93. The maximum atomic E-state index is 14.4. The van der Waals surface area contributed by atoms with Crippen LogP contribution in [0, 0.1) is 17.1 Å². The van der Waals surface area contributed by atoms with E-state index in [9.17, 15) is 14.4 Å². The fourth-order valence-corrected chi connectivity index (χ4v) is 4.75. The minimum absolute atomic E-state index is 0.172. The Hall–Kier alpha value is -4.91. The number of fused-ring (bicyclic) bond motifs is 2. The molecule has 0 saturated heterocycles. The van der Waals surface area contributed by atoms with Crippen molar-refractivity contribution in [2.24, 2.45) is 7.05 Å². The number of amides is 1. The molecule has 5 heterocycles. The van der Waals surface area contributed by atoms with E-state index in [1.807, 2.05) is 19.9 Å². The number of pyridine rings is 1. The van der Waals surface area contributed by atoms with Gasteiger partial charge in [0.15, 0.2) is 11.5 Å². The number of carbonyl (C=O) groups excluding carboxylic acids is 1. The Morgan fingerprint density at radius 2 is 1.89 bits per heavy atom. The number of hydrogen-bond acceptors (Lipinski definition) is 6. The van der Waals surface area contributed by atoms with Crippen LogP contribution in [0.2, 0.25) is 0 Å². The Balaban J connectivity index is 1.59. The van der Waals surface area contributed by atoms with Crippen LogP contribution in [0.3, 0.4) is 0 Å². The number of nitriles is 1. The summed E-state index contributed by atoms with van der Waals surface area (Å²) >= 11 is 0. The predicted octanol–water partition coefficient (Wildman–Crippen LogP) is 4.18. The van der Waals surface area contributed by atoms with Gasteiger partial charge in [0.2, 0.25) is 5.91 Å². The number of halogens is 1. The average molecular weight is 493 g/mol. The molecule has 5 aromatic rings. The quantitative estimate of drug-likeness (QED) is 0.403. The van der Waals surface area contributed by atoms with Crippen molar-refractivity contribution in [3.8, 4) is 29.0 Å². The molecule has 0 spiro atoms. The maximum absolute atomic E-state index is 14.4. The number of rotatable bonds is 4. The van der Waals surface area contributed by atoms with Crippen LogP contribution in [-0.2, 0) is 23.8 Å². The molecule has 4 aromatic heterocycles. The van der Waals surface area contributed by atoms with E-state index in [0.717, 1.165) is 0 Å². The van der Waals surface area contributed by atoms with Crippen molar-refractivity contribution >= 4 is 22.8 Å².